The topological polar surface area (TPSA) is 59.0 Å². The van der Waals surface area contributed by atoms with Crippen LogP contribution < -0.4 is 0 Å². The zero-order valence-electron chi connectivity index (χ0n) is 16.0. The van der Waals surface area contributed by atoms with Gasteiger partial charge in [0.05, 0.1) is 11.4 Å². The molecule has 0 spiro atoms. The molecule has 27 heavy (non-hydrogen) atoms. The third kappa shape index (κ3) is 4.76. The van der Waals surface area contributed by atoms with Gasteiger partial charge in [0.25, 0.3) is 5.91 Å². The molecule has 2 heterocycles. The van der Waals surface area contributed by atoms with Crippen LogP contribution in [0.25, 0.3) is 11.3 Å². The van der Waals surface area contributed by atoms with Crippen LogP contribution in [0.4, 0.5) is 0 Å². The number of carbonyl (C=O) groups is 1. The van der Waals surface area contributed by atoms with Crippen molar-refractivity contribution in [1.82, 2.24) is 20.1 Å². The molecule has 1 amide bonds. The summed E-state index contributed by atoms with van der Waals surface area (Å²) < 4.78 is 0. The van der Waals surface area contributed by atoms with E-state index in [1.807, 2.05) is 61.6 Å². The van der Waals surface area contributed by atoms with Crippen LogP contribution in [-0.4, -0.2) is 39.6 Å². The molecule has 0 atom stereocenters. The molecule has 5 nitrogen and oxygen atoms in total. The van der Waals surface area contributed by atoms with Crippen molar-refractivity contribution >= 4 is 5.91 Å². The normalized spacial score (nSPS) is 10.8. The van der Waals surface area contributed by atoms with Crippen LogP contribution in [0.1, 0.15) is 41.5 Å². The van der Waals surface area contributed by atoms with E-state index in [0.29, 0.717) is 18.0 Å². The highest BCUT2D eigenvalue weighted by molar-refractivity contribution is 5.95. The average molecular weight is 360 g/mol. The largest absolute Gasteiger partial charge is 0.341 e. The number of hydrogen-bond donors (Lipinski definition) is 0. The molecular formula is C22H24N4O. The summed E-state index contributed by atoms with van der Waals surface area (Å²) in [6.07, 6.45) is 2.50. The fourth-order valence-corrected chi connectivity index (χ4v) is 2.77. The summed E-state index contributed by atoms with van der Waals surface area (Å²) >= 11 is 0. The maximum Gasteiger partial charge on any atom is 0.253 e. The molecule has 0 radical (unpaired) electrons. The minimum Gasteiger partial charge on any atom is -0.341 e. The fourth-order valence-electron chi connectivity index (χ4n) is 2.77. The maximum absolute atomic E-state index is 12.8. The van der Waals surface area contributed by atoms with E-state index in [-0.39, 0.29) is 5.91 Å². The van der Waals surface area contributed by atoms with Crippen molar-refractivity contribution in [3.05, 3.63) is 77.7 Å². The first kappa shape index (κ1) is 18.7. The summed E-state index contributed by atoms with van der Waals surface area (Å²) in [5.74, 6) is 0.326. The van der Waals surface area contributed by atoms with Crippen LogP contribution >= 0.6 is 0 Å². The van der Waals surface area contributed by atoms with Gasteiger partial charge in [-0.05, 0) is 42.3 Å². The number of pyridine rings is 1. The van der Waals surface area contributed by atoms with Crippen molar-refractivity contribution in [2.24, 2.45) is 0 Å². The highest BCUT2D eigenvalue weighted by Crippen LogP contribution is 2.20. The Labute approximate surface area is 160 Å². The van der Waals surface area contributed by atoms with Gasteiger partial charge < -0.3 is 4.90 Å². The van der Waals surface area contributed by atoms with Crippen molar-refractivity contribution in [3.63, 3.8) is 0 Å². The van der Waals surface area contributed by atoms with Gasteiger partial charge in [-0.2, -0.15) is 10.2 Å². The minimum atomic E-state index is -0.0143. The van der Waals surface area contributed by atoms with Crippen molar-refractivity contribution < 1.29 is 4.79 Å². The standard InChI is InChI=1S/C22H24N4O/c1-16(2)20-10-11-21(25-24-20)17-7-6-8-18(15-17)22(27)26(3)14-12-19-9-4-5-13-23-19/h4-11,13,15-16H,12,14H2,1-3H3. The van der Waals surface area contributed by atoms with Crippen LogP contribution in [0.3, 0.4) is 0 Å². The lowest BCUT2D eigenvalue weighted by molar-refractivity contribution is 0.0796. The van der Waals surface area contributed by atoms with Gasteiger partial charge in [-0.3, -0.25) is 9.78 Å². The van der Waals surface area contributed by atoms with Crippen LogP contribution in [0.5, 0.6) is 0 Å². The lowest BCUT2D eigenvalue weighted by atomic mass is 10.1. The number of nitrogens with zero attached hydrogens (tertiary/aromatic N) is 4. The van der Waals surface area contributed by atoms with Crippen molar-refractivity contribution in [3.8, 4) is 11.3 Å². The second kappa shape index (κ2) is 8.54. The van der Waals surface area contributed by atoms with Crippen molar-refractivity contribution in [2.75, 3.05) is 13.6 Å². The predicted molar refractivity (Wildman–Crippen MR) is 106 cm³/mol. The van der Waals surface area contributed by atoms with Gasteiger partial charge in [0.2, 0.25) is 0 Å². The predicted octanol–water partition coefficient (Wildman–Crippen LogP) is 3.98. The van der Waals surface area contributed by atoms with Crippen LogP contribution in [0, 0.1) is 0 Å². The molecule has 0 bridgehead atoms. The summed E-state index contributed by atoms with van der Waals surface area (Å²) in [4.78, 5) is 18.8. The fraction of sp³-hybridized carbons (Fsp3) is 0.273. The molecule has 0 saturated carbocycles. The third-order valence-corrected chi connectivity index (χ3v) is 4.46. The van der Waals surface area contributed by atoms with E-state index < -0.39 is 0 Å². The van der Waals surface area contributed by atoms with Crippen LogP contribution in [0.2, 0.25) is 0 Å². The van der Waals surface area contributed by atoms with E-state index >= 15 is 0 Å². The summed E-state index contributed by atoms with van der Waals surface area (Å²) in [6, 6.07) is 17.3. The summed E-state index contributed by atoms with van der Waals surface area (Å²) in [7, 11) is 1.81. The van der Waals surface area contributed by atoms with Crippen molar-refractivity contribution in [2.45, 2.75) is 26.2 Å². The van der Waals surface area contributed by atoms with Gasteiger partial charge in [0.1, 0.15) is 0 Å². The first-order valence-electron chi connectivity index (χ1n) is 9.14. The van der Waals surface area contributed by atoms with E-state index in [0.717, 1.165) is 29.1 Å². The average Bonchev–Trinajstić information content (AvgIpc) is 2.72. The molecule has 138 valence electrons. The third-order valence-electron chi connectivity index (χ3n) is 4.46. The zero-order chi connectivity index (χ0) is 19.2. The lowest BCUT2D eigenvalue weighted by Crippen LogP contribution is -2.29. The van der Waals surface area contributed by atoms with E-state index in [1.165, 1.54) is 0 Å². The number of carbonyl (C=O) groups excluding carboxylic acids is 1. The summed E-state index contributed by atoms with van der Waals surface area (Å²) in [5, 5.41) is 8.58. The van der Waals surface area contributed by atoms with Gasteiger partial charge in [0.15, 0.2) is 0 Å². The zero-order valence-corrected chi connectivity index (χ0v) is 16.0. The molecule has 0 aliphatic carbocycles. The molecule has 1 aromatic carbocycles. The number of amides is 1. The Balaban J connectivity index is 1.71. The number of hydrogen-bond acceptors (Lipinski definition) is 4. The Morgan fingerprint density at radius 3 is 2.56 bits per heavy atom. The Morgan fingerprint density at radius 2 is 1.89 bits per heavy atom. The summed E-state index contributed by atoms with van der Waals surface area (Å²) in [6.45, 7) is 4.79. The Bertz CT molecular complexity index is 892. The molecule has 0 fully saturated rings. The number of benzene rings is 1. The van der Waals surface area contributed by atoms with Gasteiger partial charge >= 0.3 is 0 Å². The van der Waals surface area contributed by atoms with Gasteiger partial charge in [-0.25, -0.2) is 0 Å². The highest BCUT2D eigenvalue weighted by Gasteiger charge is 2.13. The minimum absolute atomic E-state index is 0.0143. The quantitative estimate of drug-likeness (QED) is 0.667. The second-order valence-electron chi connectivity index (χ2n) is 6.88. The molecule has 0 aliphatic heterocycles. The van der Waals surface area contributed by atoms with Gasteiger partial charge in [0, 0.05) is 43.0 Å². The van der Waals surface area contributed by atoms with E-state index in [9.17, 15) is 4.79 Å². The molecule has 3 rings (SSSR count). The monoisotopic (exact) mass is 360 g/mol. The number of aromatic nitrogens is 3. The lowest BCUT2D eigenvalue weighted by Gasteiger charge is -2.17. The SMILES string of the molecule is CC(C)c1ccc(-c2cccc(C(=O)N(C)CCc3ccccn3)c2)nn1. The molecule has 0 saturated heterocycles. The highest BCUT2D eigenvalue weighted by atomic mass is 16.2. The van der Waals surface area contributed by atoms with Gasteiger partial charge in [-0.15, -0.1) is 0 Å². The first-order chi connectivity index (χ1) is 13.0. The van der Waals surface area contributed by atoms with E-state index in [2.05, 4.69) is 29.0 Å². The number of likely N-dealkylation sites (N-methyl/N-ethyl adjacent to an activating group) is 1. The van der Waals surface area contributed by atoms with Crippen molar-refractivity contribution in [1.29, 1.82) is 0 Å². The molecule has 0 N–H and O–H groups in total. The Morgan fingerprint density at radius 1 is 1.04 bits per heavy atom. The smallest absolute Gasteiger partial charge is 0.253 e. The van der Waals surface area contributed by atoms with E-state index in [4.69, 9.17) is 0 Å². The summed E-state index contributed by atoms with van der Waals surface area (Å²) in [5.41, 5.74) is 4.24. The second-order valence-corrected chi connectivity index (χ2v) is 6.88. The molecule has 0 unspecified atom stereocenters. The van der Waals surface area contributed by atoms with E-state index in [1.54, 1.807) is 11.1 Å². The molecule has 3 aromatic rings. The Kier molecular flexibility index (Phi) is 5.91. The molecule has 2 aromatic heterocycles. The Hall–Kier alpha value is -3.08. The van der Waals surface area contributed by atoms with Gasteiger partial charge in [-0.1, -0.05) is 32.0 Å². The molecule has 5 heteroatoms. The first-order valence-corrected chi connectivity index (χ1v) is 9.14. The van der Waals surface area contributed by atoms with Crippen LogP contribution in [0.15, 0.2) is 60.8 Å². The van der Waals surface area contributed by atoms with Crippen LogP contribution in [-0.2, 0) is 6.42 Å². The number of rotatable bonds is 6. The maximum atomic E-state index is 12.8. The molecular weight excluding hydrogens is 336 g/mol. The molecule has 0 aliphatic rings.